The van der Waals surface area contributed by atoms with Crippen LogP contribution in [-0.2, 0) is 11.0 Å². The van der Waals surface area contributed by atoms with Crippen LogP contribution in [0.25, 0.3) is 0 Å². The predicted molar refractivity (Wildman–Crippen MR) is 93.3 cm³/mol. The van der Waals surface area contributed by atoms with Crippen LogP contribution < -0.4 is 16.0 Å². The van der Waals surface area contributed by atoms with Crippen LogP contribution >= 0.6 is 47.0 Å². The van der Waals surface area contributed by atoms with Crippen LogP contribution in [0.2, 0.25) is 0 Å². The van der Waals surface area contributed by atoms with E-state index in [1.54, 1.807) is 6.92 Å². The van der Waals surface area contributed by atoms with Gasteiger partial charge in [0.15, 0.2) is 5.11 Å². The van der Waals surface area contributed by atoms with Crippen molar-refractivity contribution in [3.8, 4) is 0 Å². The number of alkyl halides is 6. The van der Waals surface area contributed by atoms with Crippen molar-refractivity contribution in [3.63, 3.8) is 0 Å². The molecule has 0 aromatic heterocycles. The van der Waals surface area contributed by atoms with Crippen molar-refractivity contribution in [3.05, 3.63) is 29.8 Å². The highest BCUT2D eigenvalue weighted by molar-refractivity contribution is 7.80. The summed E-state index contributed by atoms with van der Waals surface area (Å²) in [6.07, 6.45) is -5.50. The average molecular weight is 423 g/mol. The maximum Gasteiger partial charge on any atom is 0.416 e. The summed E-state index contributed by atoms with van der Waals surface area (Å²) < 4.78 is 36.1. The minimum absolute atomic E-state index is 0.0900. The molecule has 0 aliphatic rings. The summed E-state index contributed by atoms with van der Waals surface area (Å²) in [4.78, 5) is 11.4. The van der Waals surface area contributed by atoms with Gasteiger partial charge in [-0.25, -0.2) is 0 Å². The Kier molecular flexibility index (Phi) is 7.40. The molecule has 3 N–H and O–H groups in total. The fourth-order valence-electron chi connectivity index (χ4n) is 1.53. The zero-order valence-corrected chi connectivity index (χ0v) is 15.3. The number of carbonyl (C=O) groups excluding carboxylic acids is 1. The number of thiocarbonyl (C=S) groups is 1. The zero-order chi connectivity index (χ0) is 18.5. The highest BCUT2D eigenvalue weighted by atomic mass is 35.6. The molecule has 1 aromatic rings. The molecule has 0 bridgehead atoms. The molecular weight excluding hydrogens is 410 g/mol. The number of amides is 1. The second kappa shape index (κ2) is 8.42. The molecule has 1 amide bonds. The lowest BCUT2D eigenvalue weighted by molar-refractivity contribution is -0.137. The number of nitrogens with one attached hydrogen (secondary N) is 3. The van der Waals surface area contributed by atoms with E-state index in [0.717, 1.165) is 12.1 Å². The number of hydrogen-bond donors (Lipinski definition) is 3. The van der Waals surface area contributed by atoms with E-state index in [9.17, 15) is 18.0 Å². The van der Waals surface area contributed by atoms with E-state index in [-0.39, 0.29) is 17.2 Å². The van der Waals surface area contributed by atoms with Crippen molar-refractivity contribution < 1.29 is 18.0 Å². The molecule has 1 aromatic carbocycles. The van der Waals surface area contributed by atoms with Gasteiger partial charge in [0.05, 0.1) is 5.56 Å². The summed E-state index contributed by atoms with van der Waals surface area (Å²) in [7, 11) is 0. The average Bonchev–Trinajstić information content (AvgIpc) is 2.44. The lowest BCUT2D eigenvalue weighted by Crippen LogP contribution is -2.56. The van der Waals surface area contributed by atoms with Gasteiger partial charge in [-0.3, -0.25) is 4.79 Å². The van der Waals surface area contributed by atoms with Gasteiger partial charge < -0.3 is 16.0 Å². The molecule has 134 valence electrons. The highest BCUT2D eigenvalue weighted by Gasteiger charge is 2.34. The Morgan fingerprint density at radius 2 is 1.88 bits per heavy atom. The highest BCUT2D eigenvalue weighted by Crippen LogP contribution is 2.31. The van der Waals surface area contributed by atoms with Gasteiger partial charge in [0, 0.05) is 12.1 Å². The van der Waals surface area contributed by atoms with E-state index in [0.29, 0.717) is 0 Å². The van der Waals surface area contributed by atoms with E-state index in [4.69, 9.17) is 47.0 Å². The molecule has 0 saturated carbocycles. The van der Waals surface area contributed by atoms with Gasteiger partial charge in [-0.2, -0.15) is 13.2 Å². The first-order valence-corrected chi connectivity index (χ1v) is 8.08. The van der Waals surface area contributed by atoms with Crippen LogP contribution in [0.3, 0.4) is 0 Å². The Balaban J connectivity index is 2.81. The van der Waals surface area contributed by atoms with Gasteiger partial charge in [-0.15, -0.1) is 0 Å². The third-order valence-electron chi connectivity index (χ3n) is 2.68. The Morgan fingerprint density at radius 1 is 1.25 bits per heavy atom. The standard InChI is InChI=1S/C13H13Cl3F3N3OS/c1-2-9(23)21-10(12(14,15)16)22-11(24)20-8-5-3-4-7(6-8)13(17,18)19/h3-6,10H,2H2,1H3,(H,21,23)(H2,20,22,24)/t10-/m0/s1. The molecule has 24 heavy (non-hydrogen) atoms. The molecule has 1 rings (SSSR count). The maximum atomic E-state index is 12.7. The van der Waals surface area contributed by atoms with Gasteiger partial charge in [-0.05, 0) is 30.4 Å². The Hall–Kier alpha value is -0.960. The lowest BCUT2D eigenvalue weighted by Gasteiger charge is -2.27. The topological polar surface area (TPSA) is 53.2 Å². The molecule has 1 atom stereocenters. The third kappa shape index (κ3) is 6.88. The number of rotatable bonds is 4. The molecule has 0 unspecified atom stereocenters. The van der Waals surface area contributed by atoms with Crippen molar-refractivity contribution in [2.75, 3.05) is 5.32 Å². The summed E-state index contributed by atoms with van der Waals surface area (Å²) in [5.41, 5.74) is -0.750. The van der Waals surface area contributed by atoms with Crippen LogP contribution in [0.4, 0.5) is 18.9 Å². The fraction of sp³-hybridized carbons (Fsp3) is 0.385. The number of halogens is 6. The second-order valence-electron chi connectivity index (χ2n) is 4.57. The van der Waals surface area contributed by atoms with Crippen LogP contribution in [0.1, 0.15) is 18.9 Å². The minimum Gasteiger partial charge on any atom is -0.339 e. The summed E-state index contributed by atoms with van der Waals surface area (Å²) >= 11 is 22.2. The van der Waals surface area contributed by atoms with Crippen LogP contribution in [0.5, 0.6) is 0 Å². The van der Waals surface area contributed by atoms with E-state index >= 15 is 0 Å². The normalized spacial score (nSPS) is 13.1. The van der Waals surface area contributed by atoms with Crippen molar-refractivity contribution in [1.29, 1.82) is 0 Å². The second-order valence-corrected chi connectivity index (χ2v) is 7.35. The van der Waals surface area contributed by atoms with Gasteiger partial charge in [-0.1, -0.05) is 47.8 Å². The monoisotopic (exact) mass is 421 g/mol. The molecule has 0 fully saturated rings. The van der Waals surface area contributed by atoms with Crippen LogP contribution in [-0.4, -0.2) is 21.0 Å². The summed E-state index contributed by atoms with van der Waals surface area (Å²) in [6.45, 7) is 1.60. The van der Waals surface area contributed by atoms with E-state index < -0.39 is 27.6 Å². The van der Waals surface area contributed by atoms with Crippen molar-refractivity contribution >= 4 is 63.7 Å². The molecule has 11 heteroatoms. The summed E-state index contributed by atoms with van der Waals surface area (Å²) in [5.74, 6) is -0.402. The summed E-state index contributed by atoms with van der Waals surface area (Å²) in [5, 5.41) is 7.36. The number of hydrogen-bond acceptors (Lipinski definition) is 2. The first-order chi connectivity index (χ1) is 10.9. The molecule has 0 saturated heterocycles. The molecule has 0 radical (unpaired) electrons. The molecule has 4 nitrogen and oxygen atoms in total. The Bertz CT molecular complexity index is 608. The smallest absolute Gasteiger partial charge is 0.339 e. The van der Waals surface area contributed by atoms with Crippen molar-refractivity contribution in [2.45, 2.75) is 29.5 Å². The lowest BCUT2D eigenvalue weighted by atomic mass is 10.2. The first kappa shape index (κ1) is 21.1. The van der Waals surface area contributed by atoms with Gasteiger partial charge in [0.2, 0.25) is 9.70 Å². The predicted octanol–water partition coefficient (Wildman–Crippen LogP) is 4.21. The van der Waals surface area contributed by atoms with E-state index in [1.165, 1.54) is 12.1 Å². The SMILES string of the molecule is CCC(=O)N[C@@H](NC(=S)Nc1cccc(C(F)(F)F)c1)C(Cl)(Cl)Cl. The van der Waals surface area contributed by atoms with E-state index in [2.05, 4.69) is 16.0 Å². The Morgan fingerprint density at radius 3 is 2.38 bits per heavy atom. The maximum absolute atomic E-state index is 12.7. The molecule has 0 spiro atoms. The van der Waals surface area contributed by atoms with Crippen molar-refractivity contribution in [2.24, 2.45) is 0 Å². The van der Waals surface area contributed by atoms with Crippen LogP contribution in [0, 0.1) is 0 Å². The number of carbonyl (C=O) groups is 1. The molecular formula is C13H13Cl3F3N3OS. The van der Waals surface area contributed by atoms with Gasteiger partial charge in [0.25, 0.3) is 0 Å². The zero-order valence-electron chi connectivity index (χ0n) is 12.2. The van der Waals surface area contributed by atoms with Crippen LogP contribution in [0.15, 0.2) is 24.3 Å². The minimum atomic E-state index is -4.48. The fourth-order valence-corrected chi connectivity index (χ4v) is 2.10. The third-order valence-corrected chi connectivity index (χ3v) is 3.55. The van der Waals surface area contributed by atoms with Gasteiger partial charge >= 0.3 is 6.18 Å². The van der Waals surface area contributed by atoms with Crippen molar-refractivity contribution in [1.82, 2.24) is 10.6 Å². The number of anilines is 1. The number of benzene rings is 1. The van der Waals surface area contributed by atoms with E-state index in [1.807, 2.05) is 0 Å². The van der Waals surface area contributed by atoms with Gasteiger partial charge in [0.1, 0.15) is 6.17 Å². The largest absolute Gasteiger partial charge is 0.416 e. The Labute approximate surface area is 157 Å². The first-order valence-electron chi connectivity index (χ1n) is 6.54. The molecule has 0 aliphatic heterocycles. The quantitative estimate of drug-likeness (QED) is 0.386. The molecule has 0 heterocycles. The molecule has 0 aliphatic carbocycles. The summed E-state index contributed by atoms with van der Waals surface area (Å²) in [6, 6.07) is 4.41.